The number of likely N-dealkylation sites (N-methyl/N-ethyl adjacent to an activating group) is 1. The molecule has 1 saturated carbocycles. The largest absolute Gasteiger partial charge is 0.351 e. The van der Waals surface area contributed by atoms with E-state index in [2.05, 4.69) is 24.5 Å². The molecule has 0 bridgehead atoms. The molecule has 0 saturated heterocycles. The maximum atomic E-state index is 11.3. The van der Waals surface area contributed by atoms with E-state index in [1.54, 1.807) is 7.05 Å². The van der Waals surface area contributed by atoms with E-state index in [4.69, 9.17) is 0 Å². The lowest BCUT2D eigenvalue weighted by Gasteiger charge is -2.11. The second kappa shape index (κ2) is 3.05. The Morgan fingerprint density at radius 2 is 2.08 bits per heavy atom. The summed E-state index contributed by atoms with van der Waals surface area (Å²) in [6.45, 7) is 6.20. The first-order valence-electron chi connectivity index (χ1n) is 4.45. The third-order valence-electron chi connectivity index (χ3n) is 2.66. The van der Waals surface area contributed by atoms with Crippen LogP contribution >= 0.6 is 0 Å². The Labute approximate surface area is 73.9 Å². The Morgan fingerprint density at radius 3 is 2.42 bits per heavy atom. The van der Waals surface area contributed by atoms with Crippen molar-refractivity contribution in [2.24, 2.45) is 5.41 Å². The van der Waals surface area contributed by atoms with Crippen molar-refractivity contribution in [3.8, 4) is 0 Å². The first-order chi connectivity index (χ1) is 5.47. The van der Waals surface area contributed by atoms with Crippen LogP contribution in [0.1, 0.15) is 27.2 Å². The summed E-state index contributed by atoms with van der Waals surface area (Å²) in [4.78, 5) is 11.3. The molecule has 0 heterocycles. The van der Waals surface area contributed by atoms with Gasteiger partial charge in [0.15, 0.2) is 0 Å². The van der Waals surface area contributed by atoms with Crippen molar-refractivity contribution in [3.05, 3.63) is 0 Å². The summed E-state index contributed by atoms with van der Waals surface area (Å²) >= 11 is 0. The first kappa shape index (κ1) is 9.52. The van der Waals surface area contributed by atoms with Gasteiger partial charge >= 0.3 is 0 Å². The van der Waals surface area contributed by atoms with E-state index in [-0.39, 0.29) is 11.9 Å². The van der Waals surface area contributed by atoms with E-state index < -0.39 is 0 Å². The van der Waals surface area contributed by atoms with E-state index in [1.165, 1.54) is 0 Å². The quantitative estimate of drug-likeness (QED) is 0.648. The van der Waals surface area contributed by atoms with Gasteiger partial charge in [0.1, 0.15) is 0 Å². The van der Waals surface area contributed by atoms with E-state index >= 15 is 0 Å². The van der Waals surface area contributed by atoms with Crippen molar-refractivity contribution in [1.82, 2.24) is 10.6 Å². The third-order valence-corrected chi connectivity index (χ3v) is 2.66. The lowest BCUT2D eigenvalue weighted by molar-refractivity contribution is -0.122. The third kappa shape index (κ3) is 1.97. The minimum absolute atomic E-state index is 0.0820. The zero-order chi connectivity index (χ0) is 9.35. The number of carbonyl (C=O) groups excluding carboxylic acids is 1. The number of hydrogen-bond donors (Lipinski definition) is 2. The molecule has 0 aromatic rings. The van der Waals surface area contributed by atoms with E-state index in [9.17, 15) is 4.79 Å². The Morgan fingerprint density at radius 1 is 1.58 bits per heavy atom. The minimum atomic E-state index is -0.0820. The number of rotatable bonds is 3. The van der Waals surface area contributed by atoms with Gasteiger partial charge in [0.05, 0.1) is 6.04 Å². The van der Waals surface area contributed by atoms with Crippen LogP contribution in [-0.4, -0.2) is 25.0 Å². The summed E-state index contributed by atoms with van der Waals surface area (Å²) in [5.41, 5.74) is 0.323. The molecular weight excluding hydrogens is 152 g/mol. The summed E-state index contributed by atoms with van der Waals surface area (Å²) in [7, 11) is 1.79. The van der Waals surface area contributed by atoms with Crippen LogP contribution in [0.3, 0.4) is 0 Å². The molecule has 0 aliphatic heterocycles. The molecule has 1 unspecified atom stereocenters. The number of amides is 1. The highest BCUT2D eigenvalue weighted by Crippen LogP contribution is 2.44. The molecule has 70 valence electrons. The highest BCUT2D eigenvalue weighted by Gasteiger charge is 2.46. The van der Waals surface area contributed by atoms with Gasteiger partial charge in [0, 0.05) is 6.04 Å². The normalized spacial score (nSPS) is 27.8. The number of hydrogen-bond acceptors (Lipinski definition) is 2. The Hall–Kier alpha value is -0.570. The lowest BCUT2D eigenvalue weighted by atomic mass is 10.2. The molecule has 0 aromatic carbocycles. The smallest absolute Gasteiger partial charge is 0.237 e. The second-order valence-electron chi connectivity index (χ2n) is 4.26. The Kier molecular flexibility index (Phi) is 2.42. The number of nitrogens with one attached hydrogen (secondary N) is 2. The molecular formula is C9H18N2O. The zero-order valence-corrected chi connectivity index (χ0v) is 8.27. The zero-order valence-electron chi connectivity index (χ0n) is 8.27. The fourth-order valence-electron chi connectivity index (χ4n) is 1.14. The molecule has 3 heteroatoms. The van der Waals surface area contributed by atoms with Crippen LogP contribution in [0.2, 0.25) is 0 Å². The number of carbonyl (C=O) groups is 1. The molecule has 0 spiro atoms. The predicted octanol–water partition coefficient (Wildman–Crippen LogP) is 0.509. The average Bonchev–Trinajstić information content (AvgIpc) is 2.57. The monoisotopic (exact) mass is 170 g/mol. The van der Waals surface area contributed by atoms with Crippen molar-refractivity contribution in [3.63, 3.8) is 0 Å². The molecule has 2 atom stereocenters. The molecule has 12 heavy (non-hydrogen) atoms. The second-order valence-corrected chi connectivity index (χ2v) is 4.26. The molecule has 3 nitrogen and oxygen atoms in total. The molecule has 1 rings (SSSR count). The van der Waals surface area contributed by atoms with Gasteiger partial charge in [-0.2, -0.15) is 0 Å². The van der Waals surface area contributed by atoms with Crippen LogP contribution in [0.4, 0.5) is 0 Å². The molecule has 0 radical (unpaired) electrons. The van der Waals surface area contributed by atoms with Crippen molar-refractivity contribution >= 4 is 5.91 Å². The molecule has 1 aliphatic rings. The molecule has 1 amide bonds. The maximum Gasteiger partial charge on any atom is 0.237 e. The SMILES string of the molecule is CN[C@@H](C)C(=O)NC1CC1(C)C. The lowest BCUT2D eigenvalue weighted by Crippen LogP contribution is -2.42. The molecule has 1 fully saturated rings. The summed E-state index contributed by atoms with van der Waals surface area (Å²) < 4.78 is 0. The molecule has 1 aliphatic carbocycles. The minimum Gasteiger partial charge on any atom is -0.351 e. The van der Waals surface area contributed by atoms with Gasteiger partial charge in [-0.1, -0.05) is 13.8 Å². The summed E-state index contributed by atoms with van der Waals surface area (Å²) in [5.74, 6) is 0.105. The maximum absolute atomic E-state index is 11.3. The molecule has 2 N–H and O–H groups in total. The van der Waals surface area contributed by atoms with Gasteiger partial charge in [0.2, 0.25) is 5.91 Å². The Balaban J connectivity index is 2.29. The fourth-order valence-corrected chi connectivity index (χ4v) is 1.14. The van der Waals surface area contributed by atoms with Crippen molar-refractivity contribution in [2.75, 3.05) is 7.05 Å². The van der Waals surface area contributed by atoms with Gasteiger partial charge < -0.3 is 10.6 Å². The van der Waals surface area contributed by atoms with Gasteiger partial charge in [-0.05, 0) is 25.8 Å². The predicted molar refractivity (Wildman–Crippen MR) is 48.9 cm³/mol. The standard InChI is InChI=1S/C9H18N2O/c1-6(10-4)8(12)11-7-5-9(7,2)3/h6-7,10H,5H2,1-4H3,(H,11,12)/t6-,7?/m0/s1. The van der Waals surface area contributed by atoms with E-state index in [0.29, 0.717) is 11.5 Å². The summed E-state index contributed by atoms with van der Waals surface area (Å²) in [5, 5.41) is 5.91. The fraction of sp³-hybridized carbons (Fsp3) is 0.889. The summed E-state index contributed by atoms with van der Waals surface area (Å²) in [6, 6.07) is 0.308. The van der Waals surface area contributed by atoms with E-state index in [1.807, 2.05) is 6.92 Å². The van der Waals surface area contributed by atoms with Crippen LogP contribution in [-0.2, 0) is 4.79 Å². The van der Waals surface area contributed by atoms with Gasteiger partial charge in [-0.15, -0.1) is 0 Å². The Bertz CT molecular complexity index is 189. The van der Waals surface area contributed by atoms with Crippen LogP contribution < -0.4 is 10.6 Å². The van der Waals surface area contributed by atoms with Crippen LogP contribution in [0, 0.1) is 5.41 Å². The van der Waals surface area contributed by atoms with E-state index in [0.717, 1.165) is 6.42 Å². The van der Waals surface area contributed by atoms with Crippen molar-refractivity contribution in [2.45, 2.75) is 39.3 Å². The summed E-state index contributed by atoms with van der Waals surface area (Å²) in [6.07, 6.45) is 1.11. The van der Waals surface area contributed by atoms with Gasteiger partial charge in [0.25, 0.3) is 0 Å². The highest BCUT2D eigenvalue weighted by molar-refractivity contribution is 5.81. The van der Waals surface area contributed by atoms with Gasteiger partial charge in [-0.25, -0.2) is 0 Å². The van der Waals surface area contributed by atoms with Crippen molar-refractivity contribution < 1.29 is 4.79 Å². The van der Waals surface area contributed by atoms with Gasteiger partial charge in [-0.3, -0.25) is 4.79 Å². The van der Waals surface area contributed by atoms with Crippen molar-refractivity contribution in [1.29, 1.82) is 0 Å². The first-order valence-corrected chi connectivity index (χ1v) is 4.45. The van der Waals surface area contributed by atoms with Crippen LogP contribution in [0.5, 0.6) is 0 Å². The topological polar surface area (TPSA) is 41.1 Å². The molecule has 0 aromatic heterocycles. The highest BCUT2D eigenvalue weighted by atomic mass is 16.2. The average molecular weight is 170 g/mol. The van der Waals surface area contributed by atoms with Crippen LogP contribution in [0.15, 0.2) is 0 Å². The van der Waals surface area contributed by atoms with Crippen LogP contribution in [0.25, 0.3) is 0 Å².